The molecule has 3 heteroatoms. The van der Waals surface area contributed by atoms with Crippen LogP contribution in [0.1, 0.15) is 24.8 Å². The lowest BCUT2D eigenvalue weighted by Gasteiger charge is -2.21. The van der Waals surface area contributed by atoms with Crippen molar-refractivity contribution in [1.29, 1.82) is 0 Å². The Morgan fingerprint density at radius 3 is 2.71 bits per heavy atom. The summed E-state index contributed by atoms with van der Waals surface area (Å²) in [5.41, 5.74) is 1.41. The number of aromatic nitrogens is 1. The predicted octanol–water partition coefficient (Wildman–Crippen LogP) is 3.34. The van der Waals surface area contributed by atoms with E-state index in [1.165, 1.54) is 5.56 Å². The third-order valence-corrected chi connectivity index (χ3v) is 4.08. The monoisotopic (exact) mass is 282 g/mol. The Kier molecular flexibility index (Phi) is 4.51. The van der Waals surface area contributed by atoms with Crippen LogP contribution >= 0.6 is 0 Å². The molecule has 2 aromatic rings. The van der Waals surface area contributed by atoms with Crippen molar-refractivity contribution < 1.29 is 4.74 Å². The number of ether oxygens (including phenoxy) is 1. The second kappa shape index (κ2) is 6.72. The Morgan fingerprint density at radius 1 is 1.19 bits per heavy atom. The molecule has 0 N–H and O–H groups in total. The first-order valence-corrected chi connectivity index (χ1v) is 7.65. The average Bonchev–Trinajstić information content (AvgIpc) is 2.96. The average molecular weight is 282 g/mol. The van der Waals surface area contributed by atoms with E-state index in [0.29, 0.717) is 12.0 Å². The lowest BCUT2D eigenvalue weighted by atomic mass is 10.0. The molecule has 2 unspecified atom stereocenters. The fourth-order valence-electron chi connectivity index (χ4n) is 2.94. The van der Waals surface area contributed by atoms with E-state index in [9.17, 15) is 0 Å². The molecule has 3 rings (SSSR count). The maximum Gasteiger partial charge on any atom is 0.122 e. The number of likely N-dealkylation sites (tertiary alicyclic amines) is 1. The first-order valence-electron chi connectivity index (χ1n) is 7.65. The molecule has 1 fully saturated rings. The lowest BCUT2D eigenvalue weighted by Crippen LogP contribution is -2.28. The minimum atomic E-state index is 0.301. The SMILES string of the molecule is CC(CN1CCC(Oc2ccncc2)C1)c1ccccc1. The van der Waals surface area contributed by atoms with Gasteiger partial charge in [0, 0.05) is 32.0 Å². The molecule has 0 aliphatic carbocycles. The minimum absolute atomic E-state index is 0.301. The van der Waals surface area contributed by atoms with E-state index in [-0.39, 0.29) is 0 Å². The molecule has 0 bridgehead atoms. The molecule has 1 aliphatic rings. The molecule has 0 spiro atoms. The fourth-order valence-corrected chi connectivity index (χ4v) is 2.94. The number of benzene rings is 1. The van der Waals surface area contributed by atoms with Gasteiger partial charge in [0.25, 0.3) is 0 Å². The lowest BCUT2D eigenvalue weighted by molar-refractivity contribution is 0.198. The van der Waals surface area contributed by atoms with Gasteiger partial charge in [0.05, 0.1) is 0 Å². The van der Waals surface area contributed by atoms with E-state index in [2.05, 4.69) is 47.1 Å². The molecule has 1 aliphatic heterocycles. The normalized spacial score (nSPS) is 20.3. The van der Waals surface area contributed by atoms with Crippen LogP contribution in [0.2, 0.25) is 0 Å². The first kappa shape index (κ1) is 14.1. The molecule has 0 saturated carbocycles. The second-order valence-electron chi connectivity index (χ2n) is 5.78. The molecule has 110 valence electrons. The quantitative estimate of drug-likeness (QED) is 0.841. The third kappa shape index (κ3) is 3.82. The van der Waals surface area contributed by atoms with Gasteiger partial charge < -0.3 is 4.74 Å². The maximum atomic E-state index is 6.01. The van der Waals surface area contributed by atoms with Gasteiger partial charge in [-0.1, -0.05) is 37.3 Å². The molecule has 0 radical (unpaired) electrons. The van der Waals surface area contributed by atoms with E-state index < -0.39 is 0 Å². The minimum Gasteiger partial charge on any atom is -0.489 e. The molecule has 1 saturated heterocycles. The number of hydrogen-bond donors (Lipinski definition) is 0. The Bertz CT molecular complexity index is 544. The zero-order valence-electron chi connectivity index (χ0n) is 12.5. The van der Waals surface area contributed by atoms with Gasteiger partial charge in [0.2, 0.25) is 0 Å². The van der Waals surface area contributed by atoms with E-state index in [1.807, 2.05) is 12.1 Å². The van der Waals surface area contributed by atoms with Crippen molar-refractivity contribution in [2.45, 2.75) is 25.4 Å². The molecule has 2 atom stereocenters. The van der Waals surface area contributed by atoms with Crippen LogP contribution in [0.3, 0.4) is 0 Å². The summed E-state index contributed by atoms with van der Waals surface area (Å²) in [5.74, 6) is 1.49. The van der Waals surface area contributed by atoms with E-state index in [4.69, 9.17) is 4.74 Å². The summed E-state index contributed by atoms with van der Waals surface area (Å²) >= 11 is 0. The topological polar surface area (TPSA) is 25.4 Å². The molecule has 0 amide bonds. The standard InChI is InChI=1S/C18H22N2O/c1-15(16-5-3-2-4-6-16)13-20-12-9-18(14-20)21-17-7-10-19-11-8-17/h2-8,10-11,15,18H,9,12-14H2,1H3. The molecule has 3 nitrogen and oxygen atoms in total. The summed E-state index contributed by atoms with van der Waals surface area (Å²) in [5, 5.41) is 0. The van der Waals surface area contributed by atoms with Crippen molar-refractivity contribution >= 4 is 0 Å². The number of hydrogen-bond acceptors (Lipinski definition) is 3. The summed E-state index contributed by atoms with van der Waals surface area (Å²) in [7, 11) is 0. The van der Waals surface area contributed by atoms with Crippen molar-refractivity contribution in [2.75, 3.05) is 19.6 Å². The van der Waals surface area contributed by atoms with Gasteiger partial charge >= 0.3 is 0 Å². The largest absolute Gasteiger partial charge is 0.489 e. The van der Waals surface area contributed by atoms with Gasteiger partial charge in [0.1, 0.15) is 11.9 Å². The smallest absolute Gasteiger partial charge is 0.122 e. The highest BCUT2D eigenvalue weighted by molar-refractivity contribution is 5.19. The van der Waals surface area contributed by atoms with Crippen molar-refractivity contribution in [2.24, 2.45) is 0 Å². The molecular formula is C18H22N2O. The molecule has 21 heavy (non-hydrogen) atoms. The highest BCUT2D eigenvalue weighted by Gasteiger charge is 2.25. The van der Waals surface area contributed by atoms with Gasteiger partial charge in [-0.2, -0.15) is 0 Å². The number of rotatable bonds is 5. The van der Waals surface area contributed by atoms with Gasteiger partial charge in [-0.05, 0) is 30.0 Å². The van der Waals surface area contributed by atoms with Gasteiger partial charge in [0.15, 0.2) is 0 Å². The first-order chi connectivity index (χ1) is 10.3. The molecule has 1 aromatic carbocycles. The predicted molar refractivity (Wildman–Crippen MR) is 84.6 cm³/mol. The summed E-state index contributed by atoms with van der Waals surface area (Å²) < 4.78 is 6.01. The molecular weight excluding hydrogens is 260 g/mol. The number of pyridine rings is 1. The van der Waals surface area contributed by atoms with Gasteiger partial charge in [-0.15, -0.1) is 0 Å². The van der Waals surface area contributed by atoms with Gasteiger partial charge in [-0.25, -0.2) is 0 Å². The van der Waals surface area contributed by atoms with Crippen LogP contribution in [0.25, 0.3) is 0 Å². The van der Waals surface area contributed by atoms with Crippen LogP contribution < -0.4 is 4.74 Å². The van der Waals surface area contributed by atoms with Crippen molar-refractivity contribution in [3.63, 3.8) is 0 Å². The van der Waals surface area contributed by atoms with Crippen LogP contribution in [0.4, 0.5) is 0 Å². The second-order valence-corrected chi connectivity index (χ2v) is 5.78. The summed E-state index contributed by atoms with van der Waals surface area (Å²) in [6.07, 6.45) is 4.96. The maximum absolute atomic E-state index is 6.01. The Morgan fingerprint density at radius 2 is 1.95 bits per heavy atom. The van der Waals surface area contributed by atoms with Crippen LogP contribution in [-0.2, 0) is 0 Å². The van der Waals surface area contributed by atoms with E-state index >= 15 is 0 Å². The van der Waals surface area contributed by atoms with Crippen molar-refractivity contribution in [3.05, 3.63) is 60.4 Å². The fraction of sp³-hybridized carbons (Fsp3) is 0.389. The van der Waals surface area contributed by atoms with E-state index in [1.54, 1.807) is 12.4 Å². The van der Waals surface area contributed by atoms with Crippen molar-refractivity contribution in [1.82, 2.24) is 9.88 Å². The highest BCUT2D eigenvalue weighted by Crippen LogP contribution is 2.21. The van der Waals surface area contributed by atoms with Crippen LogP contribution in [0.15, 0.2) is 54.9 Å². The zero-order chi connectivity index (χ0) is 14.5. The Hall–Kier alpha value is -1.87. The Labute approximate surface area is 126 Å². The highest BCUT2D eigenvalue weighted by atomic mass is 16.5. The third-order valence-electron chi connectivity index (χ3n) is 4.08. The van der Waals surface area contributed by atoms with Gasteiger partial charge in [-0.3, -0.25) is 9.88 Å². The molecule has 2 heterocycles. The number of nitrogens with zero attached hydrogens (tertiary/aromatic N) is 2. The van der Waals surface area contributed by atoms with Crippen LogP contribution in [0, 0.1) is 0 Å². The van der Waals surface area contributed by atoms with Crippen molar-refractivity contribution in [3.8, 4) is 5.75 Å². The zero-order valence-corrected chi connectivity index (χ0v) is 12.5. The Balaban J connectivity index is 1.51. The summed E-state index contributed by atoms with van der Waals surface area (Å²) in [6, 6.07) is 14.6. The molecule has 1 aromatic heterocycles. The summed E-state index contributed by atoms with van der Waals surface area (Å²) in [6.45, 7) is 5.53. The van der Waals surface area contributed by atoms with E-state index in [0.717, 1.165) is 31.8 Å². The van der Waals surface area contributed by atoms with Crippen LogP contribution in [-0.4, -0.2) is 35.6 Å². The van der Waals surface area contributed by atoms with Crippen LogP contribution in [0.5, 0.6) is 5.75 Å². The summed E-state index contributed by atoms with van der Waals surface area (Å²) in [4.78, 5) is 6.52.